The number of rotatable bonds is 3. The molecule has 8 heteroatoms. The largest absolute Gasteiger partial charge is 0.353 e. The highest BCUT2D eigenvalue weighted by atomic mass is 32.1. The summed E-state index contributed by atoms with van der Waals surface area (Å²) in [4.78, 5) is 33.2. The maximum absolute atomic E-state index is 12.8. The molecule has 5 rings (SSSR count). The molecule has 0 spiro atoms. The van der Waals surface area contributed by atoms with E-state index in [1.165, 1.54) is 41.5 Å². The number of carbonyl (C=O) groups is 1. The number of aryl methyl sites for hydroxylation is 1. The molecule has 7 nitrogen and oxygen atoms in total. The molecule has 0 unspecified atom stereocenters. The topological polar surface area (TPSA) is 79.6 Å². The molecule has 2 aromatic heterocycles. The first-order chi connectivity index (χ1) is 14.7. The third-order valence-corrected chi connectivity index (χ3v) is 7.98. The second kappa shape index (κ2) is 8.65. The van der Waals surface area contributed by atoms with Crippen LogP contribution in [0.3, 0.4) is 0 Å². The van der Waals surface area contributed by atoms with E-state index in [1.54, 1.807) is 0 Å². The monoisotopic (exact) mass is 429 g/mol. The number of nitrogens with zero attached hydrogens (tertiary/aromatic N) is 4. The summed E-state index contributed by atoms with van der Waals surface area (Å²) in [5, 5.41) is 8.77. The molecule has 0 atom stereocenters. The van der Waals surface area contributed by atoms with Crippen LogP contribution < -0.4 is 15.8 Å². The fourth-order valence-electron chi connectivity index (χ4n) is 5.17. The van der Waals surface area contributed by atoms with Crippen LogP contribution >= 0.6 is 11.3 Å². The Morgan fingerprint density at radius 3 is 2.47 bits per heavy atom. The standard InChI is InChI=1S/C22H31N5O2S/c28-19(23-16-7-3-1-2-4-8-16)15-11-13-26(14-12-15)22-25-27-20(29)17-9-5-6-10-18(17)24-21(27)30-22/h15-16H,1-14H2,(H,23,28). The molecular formula is C22H31N5O2S. The van der Waals surface area contributed by atoms with E-state index in [0.29, 0.717) is 11.0 Å². The van der Waals surface area contributed by atoms with Crippen molar-refractivity contribution in [3.8, 4) is 0 Å². The predicted octanol–water partition coefficient (Wildman–Crippen LogP) is 3.09. The second-order valence-electron chi connectivity index (χ2n) is 9.09. The molecule has 3 aliphatic rings. The predicted molar refractivity (Wildman–Crippen MR) is 118 cm³/mol. The molecule has 1 saturated heterocycles. The van der Waals surface area contributed by atoms with Gasteiger partial charge in [0, 0.05) is 30.6 Å². The van der Waals surface area contributed by atoms with Crippen LogP contribution in [-0.4, -0.2) is 39.6 Å². The molecule has 0 aromatic carbocycles. The summed E-state index contributed by atoms with van der Waals surface area (Å²) in [6.07, 6.45) is 12.9. The first-order valence-corrected chi connectivity index (χ1v) is 12.5. The van der Waals surface area contributed by atoms with Crippen molar-refractivity contribution >= 4 is 27.3 Å². The Hall–Kier alpha value is -1.96. The lowest BCUT2D eigenvalue weighted by Crippen LogP contribution is -2.43. The molecule has 2 fully saturated rings. The van der Waals surface area contributed by atoms with E-state index in [2.05, 4.69) is 15.3 Å². The Morgan fingerprint density at radius 1 is 0.967 bits per heavy atom. The Morgan fingerprint density at radius 2 is 1.70 bits per heavy atom. The van der Waals surface area contributed by atoms with Gasteiger partial charge in [-0.15, -0.1) is 5.10 Å². The van der Waals surface area contributed by atoms with Gasteiger partial charge in [-0.3, -0.25) is 9.59 Å². The van der Waals surface area contributed by atoms with E-state index in [1.807, 2.05) is 0 Å². The lowest BCUT2D eigenvalue weighted by atomic mass is 9.95. The highest BCUT2D eigenvalue weighted by molar-refractivity contribution is 7.20. The van der Waals surface area contributed by atoms with Crippen LogP contribution in [0.4, 0.5) is 5.13 Å². The molecule has 0 radical (unpaired) electrons. The SMILES string of the molecule is O=C(NC1CCCCCC1)C1CCN(c2nn3c(=O)c4c(nc3s2)CCCC4)CC1. The van der Waals surface area contributed by atoms with Gasteiger partial charge in [-0.05, 0) is 51.4 Å². The number of carbonyl (C=O) groups excluding carboxylic acids is 1. The van der Waals surface area contributed by atoms with Crippen LogP contribution in [0.5, 0.6) is 0 Å². The van der Waals surface area contributed by atoms with Gasteiger partial charge in [-0.25, -0.2) is 4.98 Å². The highest BCUT2D eigenvalue weighted by Crippen LogP contribution is 2.28. The number of nitrogens with one attached hydrogen (secondary N) is 1. The van der Waals surface area contributed by atoms with Gasteiger partial charge >= 0.3 is 0 Å². The summed E-state index contributed by atoms with van der Waals surface area (Å²) in [6.45, 7) is 1.61. The average molecular weight is 430 g/mol. The highest BCUT2D eigenvalue weighted by Gasteiger charge is 2.29. The van der Waals surface area contributed by atoms with E-state index in [4.69, 9.17) is 4.98 Å². The van der Waals surface area contributed by atoms with Gasteiger partial charge in [0.1, 0.15) is 0 Å². The molecule has 1 saturated carbocycles. The maximum Gasteiger partial charge on any atom is 0.278 e. The Bertz CT molecular complexity index is 968. The first kappa shape index (κ1) is 20.0. The second-order valence-corrected chi connectivity index (χ2v) is 10.0. The number of hydrogen-bond acceptors (Lipinski definition) is 6. The summed E-state index contributed by atoms with van der Waals surface area (Å²) in [5.74, 6) is 0.323. The lowest BCUT2D eigenvalue weighted by Gasteiger charge is -2.31. The minimum absolute atomic E-state index is 0.00913. The Balaban J connectivity index is 1.24. The summed E-state index contributed by atoms with van der Waals surface area (Å²) in [5.41, 5.74) is 1.83. The zero-order valence-electron chi connectivity index (χ0n) is 17.6. The smallest absolute Gasteiger partial charge is 0.278 e. The van der Waals surface area contributed by atoms with Crippen molar-refractivity contribution in [3.63, 3.8) is 0 Å². The lowest BCUT2D eigenvalue weighted by molar-refractivity contribution is -0.126. The Kier molecular flexibility index (Phi) is 5.76. The molecule has 3 heterocycles. The first-order valence-electron chi connectivity index (χ1n) is 11.7. The van der Waals surface area contributed by atoms with Gasteiger partial charge in [-0.1, -0.05) is 37.0 Å². The minimum Gasteiger partial charge on any atom is -0.353 e. The number of aromatic nitrogens is 3. The molecule has 1 N–H and O–H groups in total. The van der Waals surface area contributed by atoms with Crippen LogP contribution in [0, 0.1) is 5.92 Å². The van der Waals surface area contributed by atoms with E-state index < -0.39 is 0 Å². The third kappa shape index (κ3) is 3.98. The van der Waals surface area contributed by atoms with Gasteiger partial charge in [0.15, 0.2) is 0 Å². The van der Waals surface area contributed by atoms with Crippen LogP contribution in [-0.2, 0) is 17.6 Å². The van der Waals surface area contributed by atoms with Crippen LogP contribution in [0.25, 0.3) is 4.96 Å². The summed E-state index contributed by atoms with van der Waals surface area (Å²) < 4.78 is 1.50. The van der Waals surface area contributed by atoms with Crippen molar-refractivity contribution < 1.29 is 4.79 Å². The van der Waals surface area contributed by atoms with Gasteiger partial charge < -0.3 is 10.2 Å². The minimum atomic E-state index is 0.00913. The van der Waals surface area contributed by atoms with Crippen LogP contribution in [0.1, 0.15) is 75.5 Å². The van der Waals surface area contributed by atoms with Gasteiger partial charge in [0.2, 0.25) is 16.0 Å². The van der Waals surface area contributed by atoms with E-state index in [9.17, 15) is 9.59 Å². The van der Waals surface area contributed by atoms with E-state index in [-0.39, 0.29) is 17.4 Å². The number of piperidine rings is 1. The number of hydrogen-bond donors (Lipinski definition) is 1. The van der Waals surface area contributed by atoms with Crippen molar-refractivity contribution in [3.05, 3.63) is 21.6 Å². The summed E-state index contributed by atoms with van der Waals surface area (Å²) in [7, 11) is 0. The fraction of sp³-hybridized carbons (Fsp3) is 0.727. The van der Waals surface area contributed by atoms with Gasteiger partial charge in [0.05, 0.1) is 5.69 Å². The number of amides is 1. The number of anilines is 1. The molecule has 0 bridgehead atoms. The zero-order chi connectivity index (χ0) is 20.5. The number of fused-ring (bicyclic) bond motifs is 2. The van der Waals surface area contributed by atoms with Crippen LogP contribution in [0.2, 0.25) is 0 Å². The molecule has 162 valence electrons. The molecule has 2 aliphatic carbocycles. The van der Waals surface area contributed by atoms with Crippen molar-refractivity contribution in [2.24, 2.45) is 5.92 Å². The van der Waals surface area contributed by atoms with E-state index in [0.717, 1.165) is 80.8 Å². The molecule has 2 aromatic rings. The van der Waals surface area contributed by atoms with Crippen molar-refractivity contribution in [1.82, 2.24) is 19.9 Å². The van der Waals surface area contributed by atoms with Crippen molar-refractivity contribution in [2.45, 2.75) is 83.1 Å². The van der Waals surface area contributed by atoms with Crippen molar-refractivity contribution in [2.75, 3.05) is 18.0 Å². The van der Waals surface area contributed by atoms with Crippen LogP contribution in [0.15, 0.2) is 4.79 Å². The average Bonchev–Trinajstić information content (AvgIpc) is 3.04. The normalized spacial score (nSPS) is 21.4. The zero-order valence-corrected chi connectivity index (χ0v) is 18.4. The Labute approximate surface area is 180 Å². The third-order valence-electron chi connectivity index (χ3n) is 7.01. The molecule has 30 heavy (non-hydrogen) atoms. The fourth-order valence-corrected chi connectivity index (χ4v) is 6.13. The van der Waals surface area contributed by atoms with E-state index >= 15 is 0 Å². The quantitative estimate of drug-likeness (QED) is 0.759. The van der Waals surface area contributed by atoms with Crippen molar-refractivity contribution in [1.29, 1.82) is 0 Å². The maximum atomic E-state index is 12.8. The summed E-state index contributed by atoms with van der Waals surface area (Å²) in [6, 6.07) is 0.367. The summed E-state index contributed by atoms with van der Waals surface area (Å²) >= 11 is 1.50. The van der Waals surface area contributed by atoms with Gasteiger partial charge in [-0.2, -0.15) is 4.52 Å². The molecular weight excluding hydrogens is 398 g/mol. The molecule has 1 aliphatic heterocycles. The molecule has 1 amide bonds. The van der Waals surface area contributed by atoms with Gasteiger partial charge in [0.25, 0.3) is 5.56 Å².